The Morgan fingerprint density at radius 3 is 1.93 bits per heavy atom. The molecule has 0 saturated carbocycles. The second kappa shape index (κ2) is 7.83. The van der Waals surface area contributed by atoms with Crippen LogP contribution in [0.4, 0.5) is 17.6 Å². The van der Waals surface area contributed by atoms with Gasteiger partial charge in [-0.05, 0) is 0 Å². The average molecular weight is 260 g/mol. The third kappa shape index (κ3) is 8.44. The van der Waals surface area contributed by atoms with Gasteiger partial charge in [-0.25, -0.2) is 21.6 Å². The van der Waals surface area contributed by atoms with Gasteiger partial charge in [-0.1, -0.05) is 0 Å². The van der Waals surface area contributed by atoms with Crippen molar-refractivity contribution in [2.75, 3.05) is 12.4 Å². The van der Waals surface area contributed by atoms with E-state index in [2.05, 4.69) is 0 Å². The molecule has 86 valence electrons. The van der Waals surface area contributed by atoms with Crippen molar-refractivity contribution in [1.29, 1.82) is 0 Å². The molecule has 0 N–H and O–H groups in total. The van der Waals surface area contributed by atoms with Crippen LogP contribution < -0.4 is 29.6 Å². The minimum Gasteiger partial charge on any atom is -0.748 e. The van der Waals surface area contributed by atoms with Gasteiger partial charge in [0.15, 0.2) is 6.17 Å². The van der Waals surface area contributed by atoms with Crippen molar-refractivity contribution < 1.29 is 60.1 Å². The van der Waals surface area contributed by atoms with Crippen molar-refractivity contribution in [2.45, 2.75) is 24.9 Å². The summed E-state index contributed by atoms with van der Waals surface area (Å²) >= 11 is 0. The molecule has 0 radical (unpaired) electrons. The van der Waals surface area contributed by atoms with Crippen molar-refractivity contribution in [1.82, 2.24) is 0 Å². The molecular formula is C6H9F4NaO3S. The van der Waals surface area contributed by atoms with Gasteiger partial charge in [-0.2, -0.15) is 0 Å². The molecular weight excluding hydrogens is 251 g/mol. The molecule has 0 saturated heterocycles. The molecule has 0 aliphatic heterocycles. The van der Waals surface area contributed by atoms with E-state index in [9.17, 15) is 30.5 Å². The number of hydrogen-bond acceptors (Lipinski definition) is 3. The van der Waals surface area contributed by atoms with Crippen molar-refractivity contribution in [3.63, 3.8) is 0 Å². The molecule has 0 spiro atoms. The number of hydrogen-bond donors (Lipinski definition) is 0. The molecule has 0 aromatic carbocycles. The predicted octanol–water partition coefficient (Wildman–Crippen LogP) is -2.09. The summed E-state index contributed by atoms with van der Waals surface area (Å²) in [7, 11) is -4.94. The van der Waals surface area contributed by atoms with Crippen molar-refractivity contribution in [2.24, 2.45) is 0 Å². The van der Waals surface area contributed by atoms with E-state index in [0.29, 0.717) is 0 Å². The van der Waals surface area contributed by atoms with Gasteiger partial charge in [0.25, 0.3) is 0 Å². The number of rotatable bonds is 6. The molecule has 0 aromatic heterocycles. The van der Waals surface area contributed by atoms with Crippen molar-refractivity contribution in [3.05, 3.63) is 0 Å². The fourth-order valence-corrected chi connectivity index (χ4v) is 1.35. The molecule has 9 heteroatoms. The third-order valence-electron chi connectivity index (χ3n) is 1.44. The fourth-order valence-electron chi connectivity index (χ4n) is 0.777. The summed E-state index contributed by atoms with van der Waals surface area (Å²) in [6.45, 7) is -1.18. The maximum atomic E-state index is 12.6. The van der Waals surface area contributed by atoms with Gasteiger partial charge in [-0.3, -0.25) is 4.39 Å². The Morgan fingerprint density at radius 2 is 1.60 bits per heavy atom. The molecule has 0 aliphatic rings. The van der Waals surface area contributed by atoms with E-state index in [4.69, 9.17) is 0 Å². The van der Waals surface area contributed by atoms with Crippen LogP contribution in [-0.4, -0.2) is 43.9 Å². The quantitative estimate of drug-likeness (QED) is 0.312. The Labute approximate surface area is 107 Å². The normalized spacial score (nSPS) is 17.7. The Bertz CT molecular complexity index is 261. The Morgan fingerprint density at radius 1 is 1.13 bits per heavy atom. The molecule has 0 heterocycles. The number of alkyl halides is 4. The first-order valence-electron chi connectivity index (χ1n) is 3.69. The Hall–Kier alpha value is 0.630. The van der Waals surface area contributed by atoms with Crippen LogP contribution in [-0.2, 0) is 10.1 Å². The van der Waals surface area contributed by atoms with Crippen LogP contribution in [0, 0.1) is 0 Å². The maximum absolute atomic E-state index is 12.6. The molecule has 0 bridgehead atoms. The van der Waals surface area contributed by atoms with Crippen LogP contribution in [0.5, 0.6) is 0 Å². The molecule has 3 atom stereocenters. The summed E-state index contributed by atoms with van der Waals surface area (Å²) in [6, 6.07) is 0. The van der Waals surface area contributed by atoms with Gasteiger partial charge in [0.1, 0.15) is 12.3 Å². The summed E-state index contributed by atoms with van der Waals surface area (Å²) in [6.07, 6.45) is -8.83. The van der Waals surface area contributed by atoms with E-state index in [1.165, 1.54) is 0 Å². The first-order valence-corrected chi connectivity index (χ1v) is 5.27. The van der Waals surface area contributed by atoms with E-state index in [1.807, 2.05) is 0 Å². The second-order valence-corrected chi connectivity index (χ2v) is 4.13. The summed E-state index contributed by atoms with van der Waals surface area (Å²) in [5, 5.41) is 0. The second-order valence-electron chi connectivity index (χ2n) is 2.68. The van der Waals surface area contributed by atoms with Crippen LogP contribution in [0.2, 0.25) is 0 Å². The zero-order valence-electron chi connectivity index (χ0n) is 8.00. The van der Waals surface area contributed by atoms with Crippen LogP contribution >= 0.6 is 0 Å². The van der Waals surface area contributed by atoms with Gasteiger partial charge < -0.3 is 4.55 Å². The van der Waals surface area contributed by atoms with Crippen LogP contribution in [0.25, 0.3) is 0 Å². The summed E-state index contributed by atoms with van der Waals surface area (Å²) in [5.74, 6) is -1.64. The van der Waals surface area contributed by atoms with Crippen molar-refractivity contribution in [3.8, 4) is 0 Å². The summed E-state index contributed by atoms with van der Waals surface area (Å²) in [4.78, 5) is 0. The Kier molecular flexibility index (Phi) is 9.40. The molecule has 3 unspecified atom stereocenters. The van der Waals surface area contributed by atoms with Gasteiger partial charge in [0, 0.05) is 6.42 Å². The minimum absolute atomic E-state index is 0. The summed E-state index contributed by atoms with van der Waals surface area (Å²) in [5.41, 5.74) is 0. The maximum Gasteiger partial charge on any atom is 1.00 e. The molecule has 3 nitrogen and oxygen atoms in total. The first-order chi connectivity index (χ1) is 6.28. The van der Waals surface area contributed by atoms with Crippen molar-refractivity contribution >= 4 is 10.1 Å². The van der Waals surface area contributed by atoms with Gasteiger partial charge in [0.2, 0.25) is 0 Å². The molecule has 0 aromatic rings. The van der Waals surface area contributed by atoms with Crippen LogP contribution in [0.15, 0.2) is 0 Å². The fraction of sp³-hybridized carbons (Fsp3) is 1.00. The Balaban J connectivity index is 0. The largest absolute Gasteiger partial charge is 1.00 e. The summed E-state index contributed by atoms with van der Waals surface area (Å²) < 4.78 is 79.0. The third-order valence-corrected chi connectivity index (χ3v) is 2.17. The molecule has 0 amide bonds. The SMILES string of the molecule is O=S(=O)([O-])CC(F)C(F)C(F)CCF.[Na+]. The zero-order chi connectivity index (χ0) is 11.4. The van der Waals surface area contributed by atoms with E-state index < -0.39 is 47.5 Å². The molecule has 15 heavy (non-hydrogen) atoms. The average Bonchev–Trinajstić information content (AvgIpc) is 2.00. The smallest absolute Gasteiger partial charge is 0.748 e. The van der Waals surface area contributed by atoms with E-state index >= 15 is 0 Å². The molecule has 0 fully saturated rings. The molecule has 0 aliphatic carbocycles. The van der Waals surface area contributed by atoms with E-state index in [1.54, 1.807) is 0 Å². The zero-order valence-corrected chi connectivity index (χ0v) is 10.8. The first kappa shape index (κ1) is 18.0. The minimum atomic E-state index is -4.94. The topological polar surface area (TPSA) is 57.2 Å². The molecule has 0 rings (SSSR count). The number of halogens is 4. The van der Waals surface area contributed by atoms with Crippen LogP contribution in [0.1, 0.15) is 6.42 Å². The monoisotopic (exact) mass is 260 g/mol. The van der Waals surface area contributed by atoms with Crippen LogP contribution in [0.3, 0.4) is 0 Å². The van der Waals surface area contributed by atoms with Gasteiger partial charge >= 0.3 is 29.6 Å². The predicted molar refractivity (Wildman–Crippen MR) is 39.8 cm³/mol. The van der Waals surface area contributed by atoms with Gasteiger partial charge in [0.05, 0.1) is 22.5 Å². The van der Waals surface area contributed by atoms with E-state index in [-0.39, 0.29) is 29.6 Å². The standard InChI is InChI=1S/C6H10F4O3S.Na/c7-2-1-4(8)6(10)5(9)3-14(11,12)13;/h4-6H,1-3H2,(H,11,12,13);/q;+1/p-1. The van der Waals surface area contributed by atoms with E-state index in [0.717, 1.165) is 0 Å². The van der Waals surface area contributed by atoms with Gasteiger partial charge in [-0.15, -0.1) is 0 Å².